The summed E-state index contributed by atoms with van der Waals surface area (Å²) in [6.07, 6.45) is 7.47. The fourth-order valence-electron chi connectivity index (χ4n) is 4.41. The Labute approximate surface area is 179 Å². The quantitative estimate of drug-likeness (QED) is 0.710. The molecule has 2 aromatic carbocycles. The normalized spacial score (nSPS) is 18.6. The molecule has 0 unspecified atom stereocenters. The first-order valence-electron chi connectivity index (χ1n) is 10.8. The van der Waals surface area contributed by atoms with Crippen molar-refractivity contribution in [3.05, 3.63) is 59.2 Å². The molecule has 0 saturated heterocycles. The number of sulfonamides is 1. The molecular formula is C24H30N2O3S. The van der Waals surface area contributed by atoms with E-state index in [1.807, 2.05) is 31.2 Å². The Morgan fingerprint density at radius 3 is 2.27 bits per heavy atom. The largest absolute Gasteiger partial charge is 0.353 e. The van der Waals surface area contributed by atoms with Crippen LogP contribution in [0.3, 0.4) is 0 Å². The van der Waals surface area contributed by atoms with Gasteiger partial charge in [-0.2, -0.15) is 0 Å². The van der Waals surface area contributed by atoms with Gasteiger partial charge in [0.05, 0.1) is 10.3 Å². The highest BCUT2D eigenvalue weighted by Crippen LogP contribution is 2.49. The highest BCUT2D eigenvalue weighted by Gasteiger charge is 2.51. The minimum atomic E-state index is -3.66. The van der Waals surface area contributed by atoms with E-state index in [1.165, 1.54) is 19.3 Å². The summed E-state index contributed by atoms with van der Waals surface area (Å²) in [5, 5.41) is 3.26. The maximum absolute atomic E-state index is 12.9. The first kappa shape index (κ1) is 20.9. The molecule has 6 heteroatoms. The number of rotatable bonds is 6. The lowest BCUT2D eigenvalue weighted by Crippen LogP contribution is -2.42. The average Bonchev–Trinajstić information content (AvgIpc) is 3.53. The molecule has 2 N–H and O–H groups in total. The lowest BCUT2D eigenvalue weighted by Gasteiger charge is -2.25. The third kappa shape index (κ3) is 4.24. The molecule has 5 nitrogen and oxygen atoms in total. The first-order chi connectivity index (χ1) is 14.3. The number of carbonyl (C=O) groups is 1. The highest BCUT2D eigenvalue weighted by molar-refractivity contribution is 7.92. The third-order valence-corrected chi connectivity index (χ3v) is 7.97. The molecule has 0 aliphatic heterocycles. The van der Waals surface area contributed by atoms with Gasteiger partial charge < -0.3 is 5.32 Å². The van der Waals surface area contributed by atoms with Crippen molar-refractivity contribution in [1.29, 1.82) is 0 Å². The molecule has 30 heavy (non-hydrogen) atoms. The number of hydrogen-bond donors (Lipinski definition) is 2. The maximum Gasteiger partial charge on any atom is 0.262 e. The van der Waals surface area contributed by atoms with E-state index in [4.69, 9.17) is 0 Å². The van der Waals surface area contributed by atoms with Crippen molar-refractivity contribution in [3.63, 3.8) is 0 Å². The van der Waals surface area contributed by atoms with E-state index < -0.39 is 15.4 Å². The molecule has 0 atom stereocenters. The minimum absolute atomic E-state index is 0.123. The van der Waals surface area contributed by atoms with Crippen LogP contribution >= 0.6 is 0 Å². The van der Waals surface area contributed by atoms with E-state index in [1.54, 1.807) is 25.1 Å². The van der Waals surface area contributed by atoms with Crippen molar-refractivity contribution in [1.82, 2.24) is 5.32 Å². The number of benzene rings is 2. The molecule has 0 spiro atoms. The van der Waals surface area contributed by atoms with Gasteiger partial charge in [0.2, 0.25) is 5.91 Å². The van der Waals surface area contributed by atoms with Crippen molar-refractivity contribution < 1.29 is 13.2 Å². The molecule has 2 aromatic rings. The van der Waals surface area contributed by atoms with Gasteiger partial charge in [-0.1, -0.05) is 43.5 Å². The molecule has 0 bridgehead atoms. The maximum atomic E-state index is 12.9. The Hall–Kier alpha value is -2.34. The lowest BCUT2D eigenvalue weighted by molar-refractivity contribution is -0.124. The van der Waals surface area contributed by atoms with Crippen LogP contribution in [-0.2, 0) is 20.2 Å². The second kappa shape index (κ2) is 8.06. The van der Waals surface area contributed by atoms with Crippen LogP contribution in [-0.4, -0.2) is 20.4 Å². The third-order valence-electron chi connectivity index (χ3n) is 6.45. The molecule has 4 rings (SSSR count). The van der Waals surface area contributed by atoms with Gasteiger partial charge in [0.1, 0.15) is 0 Å². The SMILES string of the molecule is Cc1ccc(C)c(S(=O)(=O)Nc2ccc(C3(C(=O)NC4CCCCC4)CC3)cc2)c1. The Morgan fingerprint density at radius 2 is 1.63 bits per heavy atom. The zero-order valence-electron chi connectivity index (χ0n) is 17.7. The summed E-state index contributed by atoms with van der Waals surface area (Å²) in [7, 11) is -3.66. The summed E-state index contributed by atoms with van der Waals surface area (Å²) >= 11 is 0. The summed E-state index contributed by atoms with van der Waals surface area (Å²) in [5.41, 5.74) is 2.63. The van der Waals surface area contributed by atoms with Gasteiger partial charge in [-0.05, 0) is 74.4 Å². The van der Waals surface area contributed by atoms with Crippen molar-refractivity contribution in [2.75, 3.05) is 4.72 Å². The highest BCUT2D eigenvalue weighted by atomic mass is 32.2. The first-order valence-corrected chi connectivity index (χ1v) is 12.3. The summed E-state index contributed by atoms with van der Waals surface area (Å²) in [4.78, 5) is 13.2. The summed E-state index contributed by atoms with van der Waals surface area (Å²) in [5.74, 6) is 0.123. The predicted octanol–water partition coefficient (Wildman–Crippen LogP) is 4.58. The predicted molar refractivity (Wildman–Crippen MR) is 119 cm³/mol. The van der Waals surface area contributed by atoms with Crippen LogP contribution in [0, 0.1) is 13.8 Å². The van der Waals surface area contributed by atoms with Crippen LogP contribution in [0.1, 0.15) is 61.6 Å². The van der Waals surface area contributed by atoms with Crippen LogP contribution in [0.2, 0.25) is 0 Å². The molecule has 0 aromatic heterocycles. The lowest BCUT2D eigenvalue weighted by atomic mass is 9.91. The van der Waals surface area contributed by atoms with E-state index in [-0.39, 0.29) is 10.8 Å². The van der Waals surface area contributed by atoms with E-state index in [0.717, 1.165) is 36.8 Å². The zero-order valence-corrected chi connectivity index (χ0v) is 18.5. The van der Waals surface area contributed by atoms with Crippen molar-refractivity contribution >= 4 is 21.6 Å². The number of amides is 1. The van der Waals surface area contributed by atoms with Crippen LogP contribution < -0.4 is 10.0 Å². The van der Waals surface area contributed by atoms with E-state index in [0.29, 0.717) is 17.3 Å². The summed E-state index contributed by atoms with van der Waals surface area (Å²) < 4.78 is 28.3. The van der Waals surface area contributed by atoms with Gasteiger partial charge in [-0.25, -0.2) is 8.42 Å². The van der Waals surface area contributed by atoms with Crippen molar-refractivity contribution in [3.8, 4) is 0 Å². The second-order valence-electron chi connectivity index (χ2n) is 8.84. The zero-order chi connectivity index (χ0) is 21.4. The number of hydrogen-bond acceptors (Lipinski definition) is 3. The number of carbonyl (C=O) groups excluding carboxylic acids is 1. The fraction of sp³-hybridized carbons (Fsp3) is 0.458. The van der Waals surface area contributed by atoms with Crippen LogP contribution in [0.25, 0.3) is 0 Å². The molecule has 2 fully saturated rings. The standard InChI is InChI=1S/C24H30N2O3S/c1-17-8-9-18(2)22(16-17)30(28,29)26-21-12-10-19(11-13-21)24(14-15-24)23(27)25-20-6-4-3-5-7-20/h8-13,16,20,26H,3-7,14-15H2,1-2H3,(H,25,27). The van der Waals surface area contributed by atoms with Crippen molar-refractivity contribution in [2.24, 2.45) is 0 Å². The van der Waals surface area contributed by atoms with Crippen molar-refractivity contribution in [2.45, 2.75) is 75.1 Å². The van der Waals surface area contributed by atoms with Gasteiger partial charge in [0.25, 0.3) is 10.0 Å². The minimum Gasteiger partial charge on any atom is -0.353 e. The fourth-order valence-corrected chi connectivity index (χ4v) is 5.80. The van der Waals surface area contributed by atoms with Gasteiger partial charge in [0.15, 0.2) is 0 Å². The van der Waals surface area contributed by atoms with Crippen LogP contribution in [0.15, 0.2) is 47.4 Å². The van der Waals surface area contributed by atoms with E-state index >= 15 is 0 Å². The molecule has 160 valence electrons. The Morgan fingerprint density at radius 1 is 0.967 bits per heavy atom. The van der Waals surface area contributed by atoms with Gasteiger partial charge >= 0.3 is 0 Å². The van der Waals surface area contributed by atoms with Gasteiger partial charge in [-0.3, -0.25) is 9.52 Å². The molecular weight excluding hydrogens is 396 g/mol. The topological polar surface area (TPSA) is 75.3 Å². The van der Waals surface area contributed by atoms with Crippen LogP contribution in [0.5, 0.6) is 0 Å². The average molecular weight is 427 g/mol. The molecule has 2 aliphatic carbocycles. The van der Waals surface area contributed by atoms with Crippen LogP contribution in [0.4, 0.5) is 5.69 Å². The van der Waals surface area contributed by atoms with Gasteiger partial charge in [0, 0.05) is 11.7 Å². The molecule has 0 radical (unpaired) electrons. The molecule has 2 saturated carbocycles. The Kier molecular flexibility index (Phi) is 5.62. The molecule has 2 aliphatic rings. The number of anilines is 1. The molecule has 1 amide bonds. The number of nitrogens with one attached hydrogen (secondary N) is 2. The number of aryl methyl sites for hydroxylation is 2. The monoisotopic (exact) mass is 426 g/mol. The second-order valence-corrected chi connectivity index (χ2v) is 10.5. The van der Waals surface area contributed by atoms with E-state index in [9.17, 15) is 13.2 Å². The summed E-state index contributed by atoms with van der Waals surface area (Å²) in [6.45, 7) is 3.67. The Bertz CT molecular complexity index is 1030. The van der Waals surface area contributed by atoms with Gasteiger partial charge in [-0.15, -0.1) is 0 Å². The Balaban J connectivity index is 1.47. The smallest absolute Gasteiger partial charge is 0.262 e. The van der Waals surface area contributed by atoms with E-state index in [2.05, 4.69) is 10.0 Å². The summed E-state index contributed by atoms with van der Waals surface area (Å²) in [6, 6.07) is 13.0. The molecule has 0 heterocycles.